The zero-order valence-corrected chi connectivity index (χ0v) is 25.6. The molecule has 2 aliphatic rings. The number of rotatable bonds is 4. The monoisotopic (exact) mass is 608 g/mol. The van der Waals surface area contributed by atoms with Gasteiger partial charge in [0.2, 0.25) is 0 Å². The fourth-order valence-corrected chi connectivity index (χ4v) is 4.95. The van der Waals surface area contributed by atoms with Gasteiger partial charge in [-0.2, -0.15) is 0 Å². The molecule has 1 aromatic carbocycles. The van der Waals surface area contributed by atoms with Crippen LogP contribution in [0.3, 0.4) is 0 Å². The Bertz CT molecular complexity index is 1470. The number of carbonyl (C=O) groups is 5. The van der Waals surface area contributed by atoms with E-state index < -0.39 is 59.2 Å². The minimum atomic E-state index is -1.24. The summed E-state index contributed by atoms with van der Waals surface area (Å²) in [6.07, 6.45) is 2.56. The Morgan fingerprint density at radius 1 is 1.14 bits per heavy atom. The standard InChI is InChI=1S/C31H40N6O7/c1-18(2)26-28(41)33-22(11-13-25(38)39)29(42)37-16-6-7-21(34-37)27(40)35-36(5)24-12-10-20-9-8-19(17-23(20)32-24)14-15-31(3,4)30(43)44-26/h8-10,12,14-15,17-18,21-22,26,34H,6-7,11,13,16H2,1-5H3,(H,33,41)(H,35,40)(H,38,39)/b15-14+/t21-,22-,26-/m0/s1. The number of aliphatic carboxylic acids is 1. The summed E-state index contributed by atoms with van der Waals surface area (Å²) in [6.45, 7) is 7.00. The molecule has 4 N–H and O–H groups in total. The number of esters is 1. The lowest BCUT2D eigenvalue weighted by Gasteiger charge is -2.36. The molecule has 236 valence electrons. The molecular formula is C31H40N6O7. The number of carboxylic acid groups (broad SMARTS) is 1. The molecule has 1 saturated heterocycles. The topological polar surface area (TPSA) is 170 Å². The van der Waals surface area contributed by atoms with Gasteiger partial charge in [0.25, 0.3) is 17.7 Å². The van der Waals surface area contributed by atoms with Gasteiger partial charge in [-0.1, -0.05) is 38.1 Å². The van der Waals surface area contributed by atoms with Crippen molar-refractivity contribution in [2.75, 3.05) is 18.6 Å². The lowest BCUT2D eigenvalue weighted by molar-refractivity contribution is -0.165. The largest absolute Gasteiger partial charge is 0.481 e. The zero-order valence-electron chi connectivity index (χ0n) is 25.6. The Hall–Kier alpha value is -4.52. The molecule has 44 heavy (non-hydrogen) atoms. The first kappa shape index (κ1) is 32.4. The number of ether oxygens (including phenoxy) is 1. The van der Waals surface area contributed by atoms with Crippen LogP contribution >= 0.6 is 0 Å². The van der Waals surface area contributed by atoms with E-state index in [-0.39, 0.29) is 19.4 Å². The summed E-state index contributed by atoms with van der Waals surface area (Å²) in [5.74, 6) is -3.45. The summed E-state index contributed by atoms with van der Waals surface area (Å²) in [5, 5.41) is 15.5. The molecule has 2 aromatic rings. The predicted molar refractivity (Wildman–Crippen MR) is 162 cm³/mol. The Morgan fingerprint density at radius 2 is 1.86 bits per heavy atom. The second-order valence-corrected chi connectivity index (χ2v) is 12.1. The fraction of sp³-hybridized carbons (Fsp3) is 0.484. The van der Waals surface area contributed by atoms with Gasteiger partial charge in [0.05, 0.1) is 10.9 Å². The van der Waals surface area contributed by atoms with Crippen LogP contribution in [-0.4, -0.2) is 76.5 Å². The quantitative estimate of drug-likeness (QED) is 0.377. The van der Waals surface area contributed by atoms with E-state index in [1.807, 2.05) is 24.3 Å². The van der Waals surface area contributed by atoms with Gasteiger partial charge in [-0.15, -0.1) is 0 Å². The first-order valence-corrected chi connectivity index (χ1v) is 14.7. The van der Waals surface area contributed by atoms with Crippen LogP contribution in [0, 0.1) is 11.3 Å². The van der Waals surface area contributed by atoms with Crippen molar-refractivity contribution in [3.05, 3.63) is 42.0 Å². The SMILES string of the molecule is CC(C)[C@@H]1OC(=O)C(C)(C)/C=C/c2ccc3ccc(nc3c2)N(C)NC(=O)[C@@H]2CCCN(N2)C(=O)[C@H](CCC(=O)O)NC1=O. The van der Waals surface area contributed by atoms with E-state index in [2.05, 4.69) is 16.2 Å². The molecule has 3 atom stereocenters. The van der Waals surface area contributed by atoms with Crippen molar-refractivity contribution in [3.63, 3.8) is 0 Å². The van der Waals surface area contributed by atoms with Crippen LogP contribution in [-0.2, 0) is 28.7 Å². The molecule has 1 fully saturated rings. The molecule has 0 unspecified atom stereocenters. The van der Waals surface area contributed by atoms with Crippen molar-refractivity contribution in [2.45, 2.75) is 71.6 Å². The number of pyridine rings is 1. The van der Waals surface area contributed by atoms with Crippen LogP contribution in [0.25, 0.3) is 17.0 Å². The molecule has 3 heterocycles. The highest BCUT2D eigenvalue weighted by Gasteiger charge is 2.37. The number of nitrogens with zero attached hydrogens (tertiary/aromatic N) is 3. The first-order chi connectivity index (χ1) is 20.7. The normalized spacial score (nSPS) is 24.1. The highest BCUT2D eigenvalue weighted by Crippen LogP contribution is 2.25. The summed E-state index contributed by atoms with van der Waals surface area (Å²) < 4.78 is 5.70. The van der Waals surface area contributed by atoms with E-state index in [9.17, 15) is 29.1 Å². The Kier molecular flexibility index (Phi) is 9.88. The van der Waals surface area contributed by atoms with Crippen LogP contribution in [0.15, 0.2) is 36.4 Å². The molecule has 1 aromatic heterocycles. The Labute approximate surface area is 255 Å². The third-order valence-corrected chi connectivity index (χ3v) is 7.67. The lowest BCUT2D eigenvalue weighted by atomic mass is 9.92. The van der Waals surface area contributed by atoms with Crippen molar-refractivity contribution >= 4 is 52.5 Å². The first-order valence-electron chi connectivity index (χ1n) is 14.7. The summed E-state index contributed by atoms with van der Waals surface area (Å²) in [5.41, 5.74) is 6.08. The van der Waals surface area contributed by atoms with E-state index in [1.165, 1.54) is 10.0 Å². The molecule has 0 saturated carbocycles. The molecule has 3 amide bonds. The number of hydrogen-bond acceptors (Lipinski definition) is 9. The summed E-state index contributed by atoms with van der Waals surface area (Å²) in [4.78, 5) is 69.7. The van der Waals surface area contributed by atoms with E-state index in [0.717, 1.165) is 10.9 Å². The smallest absolute Gasteiger partial charge is 0.316 e. The summed E-state index contributed by atoms with van der Waals surface area (Å²) in [6, 6.07) is 7.31. The van der Waals surface area contributed by atoms with Gasteiger partial charge in [0.1, 0.15) is 17.9 Å². The molecule has 4 rings (SSSR count). The summed E-state index contributed by atoms with van der Waals surface area (Å²) in [7, 11) is 1.66. The van der Waals surface area contributed by atoms with E-state index in [4.69, 9.17) is 9.72 Å². The van der Waals surface area contributed by atoms with Crippen molar-refractivity contribution in [3.8, 4) is 0 Å². The number of anilines is 1. The van der Waals surface area contributed by atoms with Gasteiger partial charge >= 0.3 is 11.9 Å². The number of aromatic nitrogens is 1. The zero-order chi connectivity index (χ0) is 32.2. The molecule has 0 aliphatic carbocycles. The van der Waals surface area contributed by atoms with Crippen LogP contribution in [0.1, 0.15) is 58.9 Å². The van der Waals surface area contributed by atoms with Crippen molar-refractivity contribution < 1.29 is 33.8 Å². The van der Waals surface area contributed by atoms with Gasteiger partial charge in [0.15, 0.2) is 6.10 Å². The van der Waals surface area contributed by atoms with Crippen molar-refractivity contribution in [1.29, 1.82) is 0 Å². The molecule has 13 nitrogen and oxygen atoms in total. The average Bonchev–Trinajstić information content (AvgIpc) is 2.99. The second-order valence-electron chi connectivity index (χ2n) is 12.1. The molecule has 0 spiro atoms. The average molecular weight is 609 g/mol. The third-order valence-electron chi connectivity index (χ3n) is 7.67. The highest BCUT2D eigenvalue weighted by atomic mass is 16.5. The molecule has 5 bridgehead atoms. The number of benzene rings is 1. The number of cyclic esters (lactones) is 1. The molecule has 2 aliphatic heterocycles. The maximum Gasteiger partial charge on any atom is 0.316 e. The predicted octanol–water partition coefficient (Wildman–Crippen LogP) is 2.17. The Balaban J connectivity index is 1.72. The van der Waals surface area contributed by atoms with E-state index >= 15 is 0 Å². The number of carboxylic acids is 1. The molecular weight excluding hydrogens is 568 g/mol. The third kappa shape index (κ3) is 7.70. The Morgan fingerprint density at radius 3 is 2.57 bits per heavy atom. The van der Waals surface area contributed by atoms with Gasteiger partial charge in [-0.05, 0) is 62.8 Å². The molecule has 13 heteroatoms. The van der Waals surface area contributed by atoms with Gasteiger partial charge < -0.3 is 15.2 Å². The number of hydrogen-bond donors (Lipinski definition) is 4. The van der Waals surface area contributed by atoms with E-state index in [0.29, 0.717) is 24.2 Å². The van der Waals surface area contributed by atoms with Crippen molar-refractivity contribution in [1.82, 2.24) is 26.2 Å². The van der Waals surface area contributed by atoms with Crippen LogP contribution in [0.5, 0.6) is 0 Å². The number of amides is 3. The summed E-state index contributed by atoms with van der Waals surface area (Å²) >= 11 is 0. The van der Waals surface area contributed by atoms with E-state index in [1.54, 1.807) is 53.0 Å². The minimum absolute atomic E-state index is 0.197. The fourth-order valence-electron chi connectivity index (χ4n) is 4.95. The highest BCUT2D eigenvalue weighted by molar-refractivity contribution is 5.92. The minimum Gasteiger partial charge on any atom is -0.481 e. The van der Waals surface area contributed by atoms with Gasteiger partial charge in [-0.3, -0.25) is 39.4 Å². The van der Waals surface area contributed by atoms with Gasteiger partial charge in [0, 0.05) is 25.4 Å². The maximum atomic E-state index is 13.6. The lowest BCUT2D eigenvalue weighted by Crippen LogP contribution is -2.62. The number of nitrogens with one attached hydrogen (secondary N) is 3. The van der Waals surface area contributed by atoms with Crippen LogP contribution in [0.2, 0.25) is 0 Å². The maximum absolute atomic E-state index is 13.6. The number of carbonyl (C=O) groups excluding carboxylic acids is 4. The van der Waals surface area contributed by atoms with Crippen LogP contribution < -0.4 is 21.2 Å². The number of fused-ring (bicyclic) bond motifs is 4. The van der Waals surface area contributed by atoms with Crippen LogP contribution in [0.4, 0.5) is 5.82 Å². The number of hydrazine groups is 2. The van der Waals surface area contributed by atoms with Gasteiger partial charge in [-0.25, -0.2) is 10.4 Å². The second kappa shape index (κ2) is 13.4. The molecule has 0 radical (unpaired) electrons. The van der Waals surface area contributed by atoms with Crippen molar-refractivity contribution in [2.24, 2.45) is 11.3 Å².